The van der Waals surface area contributed by atoms with Crippen molar-refractivity contribution < 1.29 is 9.21 Å². The summed E-state index contributed by atoms with van der Waals surface area (Å²) in [6.45, 7) is 6.77. The van der Waals surface area contributed by atoms with E-state index in [9.17, 15) is 4.79 Å². The summed E-state index contributed by atoms with van der Waals surface area (Å²) in [5.74, 6) is 2.10. The third kappa shape index (κ3) is 4.91. The van der Waals surface area contributed by atoms with E-state index in [2.05, 4.69) is 18.8 Å². The van der Waals surface area contributed by atoms with Crippen LogP contribution in [0.25, 0.3) is 10.8 Å². The van der Waals surface area contributed by atoms with Crippen LogP contribution >= 0.6 is 11.3 Å². The molecule has 126 valence electrons. The number of thiazole rings is 1. The molecule has 1 unspecified atom stereocenters. The zero-order chi connectivity index (χ0) is 17.0. The average molecular weight is 335 g/mol. The Balaban J connectivity index is 1.89. The van der Waals surface area contributed by atoms with E-state index < -0.39 is 0 Å². The largest absolute Gasteiger partial charge is 0.459 e. The molecule has 0 saturated carbocycles. The van der Waals surface area contributed by atoms with E-state index in [1.807, 2.05) is 31.5 Å². The number of furan rings is 1. The molecule has 2 rings (SSSR count). The number of carbonyl (C=O) groups is 1. The van der Waals surface area contributed by atoms with Crippen molar-refractivity contribution in [3.8, 4) is 10.8 Å². The summed E-state index contributed by atoms with van der Waals surface area (Å²) < 4.78 is 5.56. The quantitative estimate of drug-likeness (QED) is 0.844. The van der Waals surface area contributed by atoms with Gasteiger partial charge >= 0.3 is 0 Å². The molecule has 0 fully saturated rings. The molecule has 2 N–H and O–H groups in total. The number of likely N-dealkylation sites (N-methyl/N-ethyl adjacent to an activating group) is 1. The second-order valence-corrected chi connectivity index (χ2v) is 7.10. The van der Waals surface area contributed by atoms with Crippen LogP contribution in [0.3, 0.4) is 0 Å². The Morgan fingerprint density at radius 3 is 2.78 bits per heavy atom. The fourth-order valence-electron chi connectivity index (χ4n) is 2.14. The van der Waals surface area contributed by atoms with E-state index in [1.165, 1.54) is 11.3 Å². The number of nitrogens with zero attached hydrogens (tertiary/aromatic N) is 2. The Kier molecular flexibility index (Phi) is 5.96. The maximum Gasteiger partial charge on any atom is 0.228 e. The maximum atomic E-state index is 12.3. The molecule has 2 aromatic rings. The summed E-state index contributed by atoms with van der Waals surface area (Å²) >= 11 is 1.50. The van der Waals surface area contributed by atoms with Crippen LogP contribution in [0.1, 0.15) is 31.7 Å². The van der Waals surface area contributed by atoms with Crippen LogP contribution in [-0.2, 0) is 11.2 Å². The molecule has 0 radical (unpaired) electrons. The fourth-order valence-corrected chi connectivity index (χ4v) is 2.92. The Labute approximate surface area is 141 Å². The summed E-state index contributed by atoms with van der Waals surface area (Å²) in [5, 5.41) is 2.73. The molecule has 6 heteroatoms. The molecule has 0 spiro atoms. The topological polar surface area (TPSA) is 72.4 Å². The van der Waals surface area contributed by atoms with Gasteiger partial charge in [0, 0.05) is 25.0 Å². The molecule has 0 aromatic carbocycles. The van der Waals surface area contributed by atoms with E-state index in [1.54, 1.807) is 4.90 Å². The Morgan fingerprint density at radius 2 is 2.17 bits per heavy atom. The summed E-state index contributed by atoms with van der Waals surface area (Å²) in [7, 11) is 1.82. The first-order valence-corrected chi connectivity index (χ1v) is 8.75. The zero-order valence-corrected chi connectivity index (χ0v) is 15.0. The Bertz CT molecular complexity index is 648. The Morgan fingerprint density at radius 1 is 1.43 bits per heavy atom. The van der Waals surface area contributed by atoms with Gasteiger partial charge in [0.1, 0.15) is 5.76 Å². The van der Waals surface area contributed by atoms with E-state index >= 15 is 0 Å². The van der Waals surface area contributed by atoms with Crippen molar-refractivity contribution in [2.24, 2.45) is 11.7 Å². The average Bonchev–Trinajstić information content (AvgIpc) is 3.12. The lowest BCUT2D eigenvalue weighted by Gasteiger charge is -2.21. The molecule has 0 aliphatic carbocycles. The predicted molar refractivity (Wildman–Crippen MR) is 93.3 cm³/mol. The van der Waals surface area contributed by atoms with Crippen molar-refractivity contribution in [3.63, 3.8) is 0 Å². The molecule has 5 nitrogen and oxygen atoms in total. The molecule has 0 aliphatic rings. The second-order valence-electron chi connectivity index (χ2n) is 6.24. The van der Waals surface area contributed by atoms with Gasteiger partial charge in [-0.3, -0.25) is 4.79 Å². The lowest BCUT2D eigenvalue weighted by molar-refractivity contribution is -0.129. The minimum atomic E-state index is 0.0634. The van der Waals surface area contributed by atoms with E-state index in [4.69, 9.17) is 10.2 Å². The molecule has 2 heterocycles. The third-order valence-corrected chi connectivity index (χ3v) is 4.82. The number of amides is 1. The predicted octanol–water partition coefficient (Wildman–Crippen LogP) is 3.09. The lowest BCUT2D eigenvalue weighted by Crippen LogP contribution is -2.35. The highest BCUT2D eigenvalue weighted by Crippen LogP contribution is 2.25. The molecule has 0 bridgehead atoms. The van der Waals surface area contributed by atoms with Gasteiger partial charge in [-0.15, -0.1) is 11.3 Å². The minimum absolute atomic E-state index is 0.0634. The van der Waals surface area contributed by atoms with Gasteiger partial charge in [0.25, 0.3) is 0 Å². The molecule has 1 amide bonds. The molecular formula is C17H25N3O2S. The second kappa shape index (κ2) is 7.75. The van der Waals surface area contributed by atoms with E-state index in [-0.39, 0.29) is 11.9 Å². The van der Waals surface area contributed by atoms with Crippen molar-refractivity contribution in [2.45, 2.75) is 39.7 Å². The highest BCUT2D eigenvalue weighted by atomic mass is 32.1. The summed E-state index contributed by atoms with van der Waals surface area (Å²) in [4.78, 5) is 18.5. The standard InChI is InChI=1S/C17H25N3O2S/c1-11(2)14(18)7-8-20(4)16(21)9-13-10-23-17(19-13)15-6-5-12(3)22-15/h5-6,10-11,14H,7-9,18H2,1-4H3. The van der Waals surface area contributed by atoms with Crippen molar-refractivity contribution in [1.82, 2.24) is 9.88 Å². The number of hydrogen-bond acceptors (Lipinski definition) is 5. The van der Waals surface area contributed by atoms with Crippen molar-refractivity contribution in [1.29, 1.82) is 0 Å². The van der Waals surface area contributed by atoms with Crippen LogP contribution in [0.2, 0.25) is 0 Å². The number of aryl methyl sites for hydroxylation is 1. The number of nitrogens with two attached hydrogens (primary N) is 1. The van der Waals surface area contributed by atoms with Gasteiger partial charge in [0.2, 0.25) is 5.91 Å². The van der Waals surface area contributed by atoms with Gasteiger partial charge in [-0.05, 0) is 31.4 Å². The molecule has 2 aromatic heterocycles. The smallest absolute Gasteiger partial charge is 0.228 e. The zero-order valence-electron chi connectivity index (χ0n) is 14.2. The highest BCUT2D eigenvalue weighted by molar-refractivity contribution is 7.13. The van der Waals surface area contributed by atoms with E-state index in [0.717, 1.165) is 28.6 Å². The van der Waals surface area contributed by atoms with Crippen LogP contribution in [-0.4, -0.2) is 35.4 Å². The number of rotatable bonds is 7. The molecule has 1 atom stereocenters. The van der Waals surface area contributed by atoms with Crippen LogP contribution in [0, 0.1) is 12.8 Å². The van der Waals surface area contributed by atoms with Crippen LogP contribution in [0.4, 0.5) is 0 Å². The minimum Gasteiger partial charge on any atom is -0.459 e. The highest BCUT2D eigenvalue weighted by Gasteiger charge is 2.15. The third-order valence-electron chi connectivity index (χ3n) is 3.92. The Hall–Kier alpha value is -1.66. The monoisotopic (exact) mass is 335 g/mol. The molecular weight excluding hydrogens is 310 g/mol. The normalized spacial score (nSPS) is 12.6. The van der Waals surface area contributed by atoms with Gasteiger partial charge < -0.3 is 15.1 Å². The fraction of sp³-hybridized carbons (Fsp3) is 0.529. The first-order chi connectivity index (χ1) is 10.9. The number of carbonyl (C=O) groups excluding carboxylic acids is 1. The summed E-state index contributed by atoms with van der Waals surface area (Å²) in [6, 6.07) is 3.94. The molecule has 23 heavy (non-hydrogen) atoms. The molecule has 0 saturated heterocycles. The van der Waals surface area contributed by atoms with Crippen molar-refractivity contribution in [2.75, 3.05) is 13.6 Å². The number of aromatic nitrogens is 1. The van der Waals surface area contributed by atoms with Crippen LogP contribution in [0.15, 0.2) is 21.9 Å². The van der Waals surface area contributed by atoms with Gasteiger partial charge in [0.15, 0.2) is 10.8 Å². The van der Waals surface area contributed by atoms with Gasteiger partial charge in [-0.2, -0.15) is 0 Å². The summed E-state index contributed by atoms with van der Waals surface area (Å²) in [5.41, 5.74) is 6.81. The van der Waals surface area contributed by atoms with Crippen LogP contribution < -0.4 is 5.73 Å². The maximum absolute atomic E-state index is 12.3. The first kappa shape index (κ1) is 17.7. The van der Waals surface area contributed by atoms with Gasteiger partial charge in [-0.25, -0.2) is 4.98 Å². The van der Waals surface area contributed by atoms with Crippen molar-refractivity contribution >= 4 is 17.2 Å². The van der Waals surface area contributed by atoms with Crippen LogP contribution in [0.5, 0.6) is 0 Å². The first-order valence-electron chi connectivity index (χ1n) is 7.87. The molecule has 0 aliphatic heterocycles. The van der Waals surface area contributed by atoms with Gasteiger partial charge in [-0.1, -0.05) is 13.8 Å². The van der Waals surface area contributed by atoms with Gasteiger partial charge in [0.05, 0.1) is 12.1 Å². The SMILES string of the molecule is Cc1ccc(-c2nc(CC(=O)N(C)CCC(N)C(C)C)cs2)o1. The summed E-state index contributed by atoms with van der Waals surface area (Å²) in [6.07, 6.45) is 1.12. The number of hydrogen-bond donors (Lipinski definition) is 1. The van der Waals surface area contributed by atoms with Crippen molar-refractivity contribution in [3.05, 3.63) is 29.0 Å². The lowest BCUT2D eigenvalue weighted by atomic mass is 10.0. The van der Waals surface area contributed by atoms with E-state index in [0.29, 0.717) is 18.9 Å².